The lowest BCUT2D eigenvalue weighted by atomic mass is 10.0. The first kappa shape index (κ1) is 19.3. The molecular formula is C24H20N2O4. The van der Waals surface area contributed by atoms with Crippen LogP contribution in [0, 0.1) is 0 Å². The topological polar surface area (TPSA) is 80.7 Å². The van der Waals surface area contributed by atoms with Crippen LogP contribution < -0.4 is 14.8 Å². The third kappa shape index (κ3) is 3.75. The van der Waals surface area contributed by atoms with Crippen molar-refractivity contribution < 1.29 is 19.4 Å². The van der Waals surface area contributed by atoms with Gasteiger partial charge in [0.15, 0.2) is 11.5 Å². The molecule has 2 N–H and O–H groups in total. The minimum atomic E-state index is -0.291. The lowest BCUT2D eigenvalue weighted by Crippen LogP contribution is -2.13. The smallest absolute Gasteiger partial charge is 0.256 e. The Hall–Kier alpha value is -4.06. The van der Waals surface area contributed by atoms with Crippen molar-refractivity contribution in [3.8, 4) is 28.5 Å². The number of carbonyl (C=O) groups is 1. The van der Waals surface area contributed by atoms with Gasteiger partial charge in [-0.25, -0.2) is 4.98 Å². The number of ether oxygens (including phenoxy) is 2. The molecule has 6 heteroatoms. The van der Waals surface area contributed by atoms with E-state index in [4.69, 9.17) is 14.5 Å². The van der Waals surface area contributed by atoms with Crippen LogP contribution in [0.1, 0.15) is 10.4 Å². The number of amides is 1. The molecule has 1 amide bonds. The third-order valence-electron chi connectivity index (χ3n) is 4.74. The number of phenolic OH excluding ortho intramolecular Hbond substituents is 1. The molecule has 6 nitrogen and oxygen atoms in total. The van der Waals surface area contributed by atoms with Crippen molar-refractivity contribution in [2.75, 3.05) is 19.5 Å². The molecule has 0 bridgehead atoms. The number of carbonyl (C=O) groups excluding carboxylic acids is 1. The quantitative estimate of drug-likeness (QED) is 0.499. The molecule has 4 aromatic rings. The zero-order valence-corrected chi connectivity index (χ0v) is 16.5. The fraction of sp³-hybridized carbons (Fsp3) is 0.0833. The van der Waals surface area contributed by atoms with E-state index >= 15 is 0 Å². The highest BCUT2D eigenvalue weighted by atomic mass is 16.5. The van der Waals surface area contributed by atoms with E-state index in [9.17, 15) is 9.90 Å². The number of phenols is 1. The first-order valence-corrected chi connectivity index (χ1v) is 9.31. The number of hydrogen-bond acceptors (Lipinski definition) is 5. The number of anilines is 1. The second-order valence-corrected chi connectivity index (χ2v) is 6.65. The zero-order valence-electron chi connectivity index (χ0n) is 16.5. The molecule has 0 radical (unpaired) electrons. The number of rotatable bonds is 5. The number of aromatic hydroxyl groups is 1. The molecule has 30 heavy (non-hydrogen) atoms. The van der Waals surface area contributed by atoms with Crippen molar-refractivity contribution in [2.45, 2.75) is 0 Å². The molecule has 0 aliphatic carbocycles. The highest BCUT2D eigenvalue weighted by Gasteiger charge is 2.15. The monoisotopic (exact) mass is 400 g/mol. The summed E-state index contributed by atoms with van der Waals surface area (Å²) in [5.74, 6) is 0.985. The van der Waals surface area contributed by atoms with E-state index in [0.717, 1.165) is 10.9 Å². The predicted molar refractivity (Wildman–Crippen MR) is 116 cm³/mol. The fourth-order valence-corrected chi connectivity index (χ4v) is 3.29. The van der Waals surface area contributed by atoms with E-state index in [0.29, 0.717) is 34.0 Å². The molecule has 1 heterocycles. The van der Waals surface area contributed by atoms with Crippen LogP contribution in [0.3, 0.4) is 0 Å². The number of hydrogen-bond donors (Lipinski definition) is 2. The second-order valence-electron chi connectivity index (χ2n) is 6.65. The molecule has 4 rings (SSSR count). The summed E-state index contributed by atoms with van der Waals surface area (Å²) in [5, 5.41) is 13.2. The van der Waals surface area contributed by atoms with Crippen LogP contribution in [0.15, 0.2) is 72.8 Å². The number of nitrogens with zero attached hydrogens (tertiary/aromatic N) is 1. The van der Waals surface area contributed by atoms with Gasteiger partial charge in [-0.3, -0.25) is 4.79 Å². The van der Waals surface area contributed by atoms with Gasteiger partial charge < -0.3 is 19.9 Å². The van der Waals surface area contributed by atoms with Gasteiger partial charge in [-0.15, -0.1) is 0 Å². The summed E-state index contributed by atoms with van der Waals surface area (Å²) in [6, 6.07) is 21.2. The zero-order chi connectivity index (χ0) is 21.1. The first-order valence-electron chi connectivity index (χ1n) is 9.31. The van der Waals surface area contributed by atoms with Crippen molar-refractivity contribution in [1.82, 2.24) is 4.98 Å². The molecule has 150 valence electrons. The number of benzene rings is 3. The molecular weight excluding hydrogens is 380 g/mol. The Balaban J connectivity index is 1.81. The molecule has 0 unspecified atom stereocenters. The van der Waals surface area contributed by atoms with Gasteiger partial charge in [-0.1, -0.05) is 24.3 Å². The summed E-state index contributed by atoms with van der Waals surface area (Å²) in [5.41, 5.74) is 3.12. The SMILES string of the molecule is COc1ccc(-c2cc(C(=O)Nc3cccc(O)c3)c3ccccc3n2)cc1OC. The summed E-state index contributed by atoms with van der Waals surface area (Å²) >= 11 is 0. The van der Waals surface area contributed by atoms with Crippen LogP contribution in [-0.2, 0) is 0 Å². The molecule has 0 aliphatic rings. The van der Waals surface area contributed by atoms with Gasteiger partial charge in [0.2, 0.25) is 0 Å². The van der Waals surface area contributed by atoms with Crippen LogP contribution in [0.4, 0.5) is 5.69 Å². The van der Waals surface area contributed by atoms with Crippen molar-refractivity contribution >= 4 is 22.5 Å². The van der Waals surface area contributed by atoms with Gasteiger partial charge in [0.05, 0.1) is 31.0 Å². The molecule has 0 spiro atoms. The molecule has 1 aromatic heterocycles. The van der Waals surface area contributed by atoms with E-state index in [2.05, 4.69) is 5.32 Å². The van der Waals surface area contributed by atoms with Crippen molar-refractivity contribution in [1.29, 1.82) is 0 Å². The molecule has 0 atom stereocenters. The van der Waals surface area contributed by atoms with Crippen LogP contribution >= 0.6 is 0 Å². The first-order chi connectivity index (χ1) is 14.6. The summed E-state index contributed by atoms with van der Waals surface area (Å²) in [6.07, 6.45) is 0. The van der Waals surface area contributed by atoms with Crippen molar-refractivity contribution in [2.24, 2.45) is 0 Å². The van der Waals surface area contributed by atoms with Crippen LogP contribution in [0.2, 0.25) is 0 Å². The van der Waals surface area contributed by atoms with E-state index in [1.807, 2.05) is 36.4 Å². The number of para-hydroxylation sites is 1. The van der Waals surface area contributed by atoms with Gasteiger partial charge in [0.25, 0.3) is 5.91 Å². The largest absolute Gasteiger partial charge is 0.508 e. The lowest BCUT2D eigenvalue weighted by molar-refractivity contribution is 0.102. The minimum absolute atomic E-state index is 0.0819. The molecule has 3 aromatic carbocycles. The molecule has 0 saturated carbocycles. The third-order valence-corrected chi connectivity index (χ3v) is 4.74. The Morgan fingerprint density at radius 1 is 0.900 bits per heavy atom. The lowest BCUT2D eigenvalue weighted by Gasteiger charge is -2.12. The van der Waals surface area contributed by atoms with Crippen LogP contribution in [0.25, 0.3) is 22.2 Å². The summed E-state index contributed by atoms with van der Waals surface area (Å²) < 4.78 is 10.7. The average molecular weight is 400 g/mol. The number of pyridine rings is 1. The molecule has 0 fully saturated rings. The predicted octanol–water partition coefficient (Wildman–Crippen LogP) is 4.88. The van der Waals surface area contributed by atoms with Gasteiger partial charge in [0, 0.05) is 22.7 Å². The van der Waals surface area contributed by atoms with E-state index in [1.54, 1.807) is 44.6 Å². The van der Waals surface area contributed by atoms with E-state index < -0.39 is 0 Å². The minimum Gasteiger partial charge on any atom is -0.508 e. The molecule has 0 aliphatic heterocycles. The van der Waals surface area contributed by atoms with Gasteiger partial charge >= 0.3 is 0 Å². The number of fused-ring (bicyclic) bond motifs is 1. The summed E-state index contributed by atoms with van der Waals surface area (Å²) in [7, 11) is 3.15. The maximum atomic E-state index is 13.1. The highest BCUT2D eigenvalue weighted by molar-refractivity contribution is 6.13. The van der Waals surface area contributed by atoms with Gasteiger partial charge in [0.1, 0.15) is 5.75 Å². The van der Waals surface area contributed by atoms with Crippen molar-refractivity contribution in [3.63, 3.8) is 0 Å². The number of aromatic nitrogens is 1. The Bertz CT molecular complexity index is 1240. The average Bonchev–Trinajstić information content (AvgIpc) is 2.77. The van der Waals surface area contributed by atoms with Crippen LogP contribution in [0.5, 0.6) is 17.2 Å². The highest BCUT2D eigenvalue weighted by Crippen LogP contribution is 2.33. The Morgan fingerprint density at radius 3 is 2.47 bits per heavy atom. The standard InChI is InChI=1S/C24H20N2O4/c1-29-22-11-10-15(12-23(22)30-2)21-14-19(18-8-3-4-9-20(18)26-21)24(28)25-16-6-5-7-17(27)13-16/h3-14,27H,1-2H3,(H,25,28). The Labute approximate surface area is 173 Å². The normalized spacial score (nSPS) is 10.6. The fourth-order valence-electron chi connectivity index (χ4n) is 3.29. The Morgan fingerprint density at radius 2 is 1.70 bits per heavy atom. The van der Waals surface area contributed by atoms with E-state index in [1.165, 1.54) is 6.07 Å². The van der Waals surface area contributed by atoms with Crippen LogP contribution in [-0.4, -0.2) is 30.2 Å². The number of nitrogens with one attached hydrogen (secondary N) is 1. The van der Waals surface area contributed by atoms with Gasteiger partial charge in [-0.2, -0.15) is 0 Å². The second kappa shape index (κ2) is 8.13. The Kier molecular flexibility index (Phi) is 5.22. The summed E-state index contributed by atoms with van der Waals surface area (Å²) in [6.45, 7) is 0. The summed E-state index contributed by atoms with van der Waals surface area (Å²) in [4.78, 5) is 17.8. The van der Waals surface area contributed by atoms with Gasteiger partial charge in [-0.05, 0) is 42.5 Å². The van der Waals surface area contributed by atoms with E-state index in [-0.39, 0.29) is 11.7 Å². The van der Waals surface area contributed by atoms with Crippen molar-refractivity contribution in [3.05, 3.63) is 78.4 Å². The molecule has 0 saturated heterocycles. The number of methoxy groups -OCH3 is 2. The maximum Gasteiger partial charge on any atom is 0.256 e. The maximum absolute atomic E-state index is 13.1.